The predicted octanol–water partition coefficient (Wildman–Crippen LogP) is 0.965. The summed E-state index contributed by atoms with van der Waals surface area (Å²) < 4.78 is 3.63. The van der Waals surface area contributed by atoms with Crippen molar-refractivity contribution in [3.8, 4) is 0 Å². The van der Waals surface area contributed by atoms with Gasteiger partial charge in [-0.05, 0) is 0 Å². The normalized spacial score (nSPS) is 12.0. The number of rotatable bonds is 1. The van der Waals surface area contributed by atoms with E-state index in [1.807, 2.05) is 12.5 Å². The van der Waals surface area contributed by atoms with E-state index in [4.69, 9.17) is 0 Å². The van der Waals surface area contributed by atoms with Crippen LogP contribution in [0.2, 0.25) is 14.8 Å². The summed E-state index contributed by atoms with van der Waals surface area (Å²) in [6.45, 7) is 0. The Morgan fingerprint density at radius 1 is 1.40 bits per heavy atom. The summed E-state index contributed by atoms with van der Waals surface area (Å²) in [7, 11) is 2.07. The SMILES string of the molecule is Cn1cnc[c]1[Sn]([CH3])([CH3])[CH3]. The Kier molecular flexibility index (Phi) is 2.08. The van der Waals surface area contributed by atoms with Crippen molar-refractivity contribution in [2.24, 2.45) is 7.05 Å². The van der Waals surface area contributed by atoms with Gasteiger partial charge in [0, 0.05) is 0 Å². The zero-order valence-electron chi connectivity index (χ0n) is 7.05. The average molecular weight is 245 g/mol. The van der Waals surface area contributed by atoms with Gasteiger partial charge >= 0.3 is 66.0 Å². The summed E-state index contributed by atoms with van der Waals surface area (Å²) >= 11 is -1.81. The minimum atomic E-state index is -1.81. The van der Waals surface area contributed by atoms with Gasteiger partial charge in [-0.1, -0.05) is 0 Å². The molecule has 1 aromatic heterocycles. The van der Waals surface area contributed by atoms with Gasteiger partial charge in [0.05, 0.1) is 0 Å². The van der Waals surface area contributed by atoms with Crippen molar-refractivity contribution in [1.82, 2.24) is 9.55 Å². The van der Waals surface area contributed by atoms with Crippen LogP contribution in [0, 0.1) is 0 Å². The summed E-state index contributed by atoms with van der Waals surface area (Å²) in [4.78, 5) is 11.3. The Balaban J connectivity index is 3.05. The molecule has 0 aliphatic heterocycles. The Morgan fingerprint density at radius 2 is 2.00 bits per heavy atom. The summed E-state index contributed by atoms with van der Waals surface area (Å²) in [5, 5.41) is 0. The molecule has 10 heavy (non-hydrogen) atoms. The minimum absolute atomic E-state index is 1.48. The van der Waals surface area contributed by atoms with Crippen LogP contribution in [0.4, 0.5) is 0 Å². The van der Waals surface area contributed by atoms with Gasteiger partial charge < -0.3 is 0 Å². The Hall–Kier alpha value is 0.00870. The van der Waals surface area contributed by atoms with Crippen LogP contribution < -0.4 is 3.71 Å². The molecule has 0 spiro atoms. The monoisotopic (exact) mass is 246 g/mol. The second-order valence-corrected chi connectivity index (χ2v) is 17.9. The van der Waals surface area contributed by atoms with Gasteiger partial charge in [0.2, 0.25) is 0 Å². The van der Waals surface area contributed by atoms with Gasteiger partial charge in [0.1, 0.15) is 0 Å². The molecule has 0 aromatic carbocycles. The van der Waals surface area contributed by atoms with Crippen LogP contribution in [-0.2, 0) is 7.05 Å². The Morgan fingerprint density at radius 3 is 2.20 bits per heavy atom. The van der Waals surface area contributed by atoms with E-state index in [0.29, 0.717) is 0 Å². The van der Waals surface area contributed by atoms with E-state index in [0.717, 1.165) is 0 Å². The fourth-order valence-electron chi connectivity index (χ4n) is 1.08. The average Bonchev–Trinajstić information content (AvgIpc) is 2.11. The van der Waals surface area contributed by atoms with Crippen LogP contribution >= 0.6 is 0 Å². The first-order valence-electron chi connectivity index (χ1n) is 3.48. The van der Waals surface area contributed by atoms with Crippen LogP contribution in [-0.4, -0.2) is 27.9 Å². The van der Waals surface area contributed by atoms with Crippen molar-refractivity contribution in [3.63, 3.8) is 0 Å². The van der Waals surface area contributed by atoms with Gasteiger partial charge in [-0.3, -0.25) is 0 Å². The summed E-state index contributed by atoms with van der Waals surface area (Å²) in [6.07, 6.45) is 3.90. The Labute approximate surface area is 66.1 Å². The molecule has 56 valence electrons. The van der Waals surface area contributed by atoms with Crippen molar-refractivity contribution in [3.05, 3.63) is 12.5 Å². The zero-order chi connectivity index (χ0) is 7.78. The van der Waals surface area contributed by atoms with Gasteiger partial charge in [-0.25, -0.2) is 0 Å². The maximum absolute atomic E-state index is 4.10. The van der Waals surface area contributed by atoms with Crippen molar-refractivity contribution >= 4 is 22.1 Å². The molecule has 0 radical (unpaired) electrons. The van der Waals surface area contributed by atoms with E-state index >= 15 is 0 Å². The van der Waals surface area contributed by atoms with Crippen molar-refractivity contribution in [2.75, 3.05) is 0 Å². The third-order valence-corrected chi connectivity index (χ3v) is 7.35. The fraction of sp³-hybridized carbons (Fsp3) is 0.571. The number of hydrogen-bond donors (Lipinski definition) is 0. The quantitative estimate of drug-likeness (QED) is 0.674. The molecule has 0 aliphatic carbocycles. The van der Waals surface area contributed by atoms with Gasteiger partial charge in [0.25, 0.3) is 0 Å². The number of nitrogens with zero attached hydrogens (tertiary/aromatic N) is 2. The van der Waals surface area contributed by atoms with E-state index in [-0.39, 0.29) is 0 Å². The van der Waals surface area contributed by atoms with Crippen molar-refractivity contribution < 1.29 is 0 Å². The molecule has 0 fully saturated rings. The molecular weight excluding hydrogens is 231 g/mol. The standard InChI is InChI=1S/C4H5N2.3CH3.Sn/c1-6-3-2-5-4-6;;;;/h2,4H,1H3;3*1H3;. The van der Waals surface area contributed by atoms with Crippen LogP contribution in [0.5, 0.6) is 0 Å². The van der Waals surface area contributed by atoms with Crippen LogP contribution in [0.25, 0.3) is 0 Å². The molecule has 0 amide bonds. The maximum atomic E-state index is 4.10. The third kappa shape index (κ3) is 1.54. The molecule has 0 aliphatic rings. The van der Waals surface area contributed by atoms with E-state index < -0.39 is 18.4 Å². The Bertz CT molecular complexity index is 222. The van der Waals surface area contributed by atoms with Gasteiger partial charge in [-0.2, -0.15) is 0 Å². The van der Waals surface area contributed by atoms with E-state index in [2.05, 4.69) is 31.4 Å². The molecular formula is C7H14N2Sn. The number of aryl methyl sites for hydroxylation is 1. The van der Waals surface area contributed by atoms with Crippen molar-refractivity contribution in [2.45, 2.75) is 14.8 Å². The second-order valence-electron chi connectivity index (χ2n) is 3.64. The number of hydrogen-bond acceptors (Lipinski definition) is 1. The van der Waals surface area contributed by atoms with Gasteiger partial charge in [0.15, 0.2) is 0 Å². The van der Waals surface area contributed by atoms with E-state index in [9.17, 15) is 0 Å². The number of aromatic nitrogens is 2. The summed E-state index contributed by atoms with van der Waals surface area (Å²) in [6, 6.07) is 0. The molecule has 3 heteroatoms. The third-order valence-electron chi connectivity index (χ3n) is 1.59. The molecule has 1 aromatic rings. The molecule has 0 saturated heterocycles. The van der Waals surface area contributed by atoms with Crippen LogP contribution in [0.3, 0.4) is 0 Å². The van der Waals surface area contributed by atoms with Crippen molar-refractivity contribution in [1.29, 1.82) is 0 Å². The molecule has 0 N–H and O–H groups in total. The van der Waals surface area contributed by atoms with Crippen LogP contribution in [0.1, 0.15) is 0 Å². The zero-order valence-corrected chi connectivity index (χ0v) is 9.90. The molecule has 0 bridgehead atoms. The van der Waals surface area contributed by atoms with Gasteiger partial charge in [-0.15, -0.1) is 0 Å². The van der Waals surface area contributed by atoms with E-state index in [1.54, 1.807) is 0 Å². The molecule has 2 nitrogen and oxygen atoms in total. The first-order valence-corrected chi connectivity index (χ1v) is 13.5. The first kappa shape index (κ1) is 8.11. The van der Waals surface area contributed by atoms with E-state index in [1.165, 1.54) is 3.71 Å². The summed E-state index contributed by atoms with van der Waals surface area (Å²) in [5.74, 6) is 0. The first-order chi connectivity index (χ1) is 4.52. The predicted molar refractivity (Wildman–Crippen MR) is 46.2 cm³/mol. The molecule has 1 rings (SSSR count). The number of imidazole rings is 1. The molecule has 1 heterocycles. The second kappa shape index (κ2) is 2.57. The van der Waals surface area contributed by atoms with Crippen LogP contribution in [0.15, 0.2) is 12.5 Å². The fourth-order valence-corrected chi connectivity index (χ4v) is 5.58. The molecule has 0 saturated carbocycles. The summed E-state index contributed by atoms with van der Waals surface area (Å²) in [5.41, 5.74) is 0. The topological polar surface area (TPSA) is 17.8 Å². The molecule has 0 atom stereocenters. The molecule has 0 unspecified atom stereocenters.